The third-order valence-corrected chi connectivity index (χ3v) is 3.46. The van der Waals surface area contributed by atoms with Gasteiger partial charge < -0.3 is 4.98 Å². The molecule has 0 bridgehead atoms. The van der Waals surface area contributed by atoms with Gasteiger partial charge in [-0.2, -0.15) is 0 Å². The first-order valence-electron chi connectivity index (χ1n) is 6.16. The summed E-state index contributed by atoms with van der Waals surface area (Å²) in [7, 11) is 0. The van der Waals surface area contributed by atoms with Crippen LogP contribution < -0.4 is 0 Å². The summed E-state index contributed by atoms with van der Waals surface area (Å²) in [6.07, 6.45) is 5.00. The number of nitrogens with one attached hydrogen (secondary N) is 1. The topological polar surface area (TPSA) is 54.5 Å². The molecule has 0 atom stereocenters. The maximum atomic E-state index is 5.94. The lowest BCUT2D eigenvalue weighted by molar-refractivity contribution is 1.21. The van der Waals surface area contributed by atoms with Gasteiger partial charge in [0.15, 0.2) is 0 Å². The number of H-pyrrole nitrogens is 1. The summed E-state index contributed by atoms with van der Waals surface area (Å²) in [5.41, 5.74) is 3.61. The van der Waals surface area contributed by atoms with Crippen LogP contribution in [0, 0.1) is 0 Å². The van der Waals surface area contributed by atoms with Crippen molar-refractivity contribution in [2.75, 3.05) is 0 Å². The van der Waals surface area contributed by atoms with Crippen molar-refractivity contribution in [3.63, 3.8) is 0 Å². The lowest BCUT2D eigenvalue weighted by Crippen LogP contribution is -1.88. The standard InChI is InChI=1S/C15H9ClN4/c16-13-8-17-7-12(19-13)10-5-6-18-15-14(10)9-3-1-2-4-11(9)20-15/h1-8H,(H,18,20). The predicted octanol–water partition coefficient (Wildman–Crippen LogP) is 3.83. The van der Waals surface area contributed by atoms with Crippen LogP contribution in [0.4, 0.5) is 0 Å². The van der Waals surface area contributed by atoms with Crippen LogP contribution in [0.15, 0.2) is 48.9 Å². The van der Waals surface area contributed by atoms with Gasteiger partial charge in [-0.05, 0) is 12.1 Å². The van der Waals surface area contributed by atoms with Crippen LogP contribution in [-0.4, -0.2) is 19.9 Å². The zero-order chi connectivity index (χ0) is 13.5. The van der Waals surface area contributed by atoms with E-state index in [0.29, 0.717) is 5.15 Å². The maximum Gasteiger partial charge on any atom is 0.148 e. The van der Waals surface area contributed by atoms with E-state index in [4.69, 9.17) is 11.6 Å². The lowest BCUT2D eigenvalue weighted by Gasteiger charge is -2.02. The molecule has 4 rings (SSSR count). The fourth-order valence-corrected chi connectivity index (χ4v) is 2.60. The summed E-state index contributed by atoms with van der Waals surface area (Å²) in [6, 6.07) is 10.0. The number of rotatable bonds is 1. The number of aromatic nitrogens is 4. The number of para-hydroxylation sites is 1. The molecule has 0 unspecified atom stereocenters. The zero-order valence-electron chi connectivity index (χ0n) is 10.3. The molecule has 0 aliphatic rings. The van der Waals surface area contributed by atoms with Crippen LogP contribution in [0.25, 0.3) is 33.2 Å². The van der Waals surface area contributed by atoms with E-state index < -0.39 is 0 Å². The molecule has 1 aromatic carbocycles. The van der Waals surface area contributed by atoms with Crippen LogP contribution in [0.1, 0.15) is 0 Å². The first-order valence-corrected chi connectivity index (χ1v) is 6.54. The number of aromatic amines is 1. The van der Waals surface area contributed by atoms with Crippen molar-refractivity contribution in [2.45, 2.75) is 0 Å². The summed E-state index contributed by atoms with van der Waals surface area (Å²) in [5, 5.41) is 2.54. The normalized spacial score (nSPS) is 11.2. The number of benzene rings is 1. The highest BCUT2D eigenvalue weighted by Gasteiger charge is 2.12. The summed E-state index contributed by atoms with van der Waals surface area (Å²) in [4.78, 5) is 16.1. The smallest absolute Gasteiger partial charge is 0.148 e. The van der Waals surface area contributed by atoms with E-state index in [9.17, 15) is 0 Å². The van der Waals surface area contributed by atoms with E-state index in [0.717, 1.165) is 33.2 Å². The van der Waals surface area contributed by atoms with Crippen LogP contribution in [0.2, 0.25) is 5.15 Å². The minimum Gasteiger partial charge on any atom is -0.339 e. The maximum absolute atomic E-state index is 5.94. The number of hydrogen-bond acceptors (Lipinski definition) is 3. The van der Waals surface area contributed by atoms with Crippen LogP contribution in [-0.2, 0) is 0 Å². The Balaban J connectivity index is 2.14. The Kier molecular flexibility index (Phi) is 2.44. The molecule has 3 aromatic heterocycles. The molecule has 0 amide bonds. The van der Waals surface area contributed by atoms with Crippen molar-refractivity contribution in [3.8, 4) is 11.3 Å². The highest BCUT2D eigenvalue weighted by molar-refractivity contribution is 6.29. The van der Waals surface area contributed by atoms with Gasteiger partial charge in [0.25, 0.3) is 0 Å². The molecule has 4 nitrogen and oxygen atoms in total. The highest BCUT2D eigenvalue weighted by atomic mass is 35.5. The van der Waals surface area contributed by atoms with E-state index in [-0.39, 0.29) is 0 Å². The van der Waals surface area contributed by atoms with Gasteiger partial charge in [-0.25, -0.2) is 9.97 Å². The van der Waals surface area contributed by atoms with Gasteiger partial charge in [0.2, 0.25) is 0 Å². The lowest BCUT2D eigenvalue weighted by atomic mass is 10.1. The number of pyridine rings is 1. The Morgan fingerprint density at radius 3 is 2.85 bits per heavy atom. The SMILES string of the molecule is Clc1cncc(-c2ccnc3[nH]c4ccccc4c23)n1. The Morgan fingerprint density at radius 1 is 1.05 bits per heavy atom. The molecule has 0 aliphatic carbocycles. The van der Waals surface area contributed by atoms with E-state index in [1.165, 1.54) is 6.20 Å². The number of fused-ring (bicyclic) bond motifs is 3. The molecular weight excluding hydrogens is 272 g/mol. The first kappa shape index (κ1) is 11.4. The van der Waals surface area contributed by atoms with Crippen LogP contribution in [0.3, 0.4) is 0 Å². The van der Waals surface area contributed by atoms with E-state index in [1.807, 2.05) is 24.3 Å². The number of nitrogens with zero attached hydrogens (tertiary/aromatic N) is 3. The third-order valence-electron chi connectivity index (χ3n) is 3.28. The van der Waals surface area contributed by atoms with Gasteiger partial charge in [-0.15, -0.1) is 0 Å². The zero-order valence-corrected chi connectivity index (χ0v) is 11.1. The van der Waals surface area contributed by atoms with Crippen LogP contribution >= 0.6 is 11.6 Å². The first-order chi connectivity index (χ1) is 9.83. The van der Waals surface area contributed by atoms with Gasteiger partial charge in [0.05, 0.1) is 18.1 Å². The summed E-state index contributed by atoms with van der Waals surface area (Å²) in [5.74, 6) is 0. The molecule has 20 heavy (non-hydrogen) atoms. The Bertz CT molecular complexity index is 929. The fourth-order valence-electron chi connectivity index (χ4n) is 2.45. The molecule has 0 saturated carbocycles. The van der Waals surface area contributed by atoms with Gasteiger partial charge in [0.1, 0.15) is 10.8 Å². The molecule has 96 valence electrons. The average Bonchev–Trinajstić information content (AvgIpc) is 2.85. The molecule has 0 spiro atoms. The largest absolute Gasteiger partial charge is 0.339 e. The third kappa shape index (κ3) is 1.66. The van der Waals surface area contributed by atoms with E-state index >= 15 is 0 Å². The van der Waals surface area contributed by atoms with E-state index in [1.54, 1.807) is 12.4 Å². The molecule has 0 aliphatic heterocycles. The molecule has 5 heteroatoms. The van der Waals surface area contributed by atoms with Crippen molar-refractivity contribution in [2.24, 2.45) is 0 Å². The quantitative estimate of drug-likeness (QED) is 0.576. The summed E-state index contributed by atoms with van der Waals surface area (Å²) >= 11 is 5.94. The minimum absolute atomic E-state index is 0.382. The van der Waals surface area contributed by atoms with Crippen molar-refractivity contribution >= 4 is 33.5 Å². The van der Waals surface area contributed by atoms with Crippen molar-refractivity contribution in [3.05, 3.63) is 54.1 Å². The van der Waals surface area contributed by atoms with Crippen molar-refractivity contribution in [1.29, 1.82) is 0 Å². The van der Waals surface area contributed by atoms with E-state index in [2.05, 4.69) is 26.0 Å². The molecule has 0 radical (unpaired) electrons. The average molecular weight is 281 g/mol. The van der Waals surface area contributed by atoms with Crippen LogP contribution in [0.5, 0.6) is 0 Å². The Morgan fingerprint density at radius 2 is 1.95 bits per heavy atom. The molecule has 0 fully saturated rings. The van der Waals surface area contributed by atoms with Crippen molar-refractivity contribution in [1.82, 2.24) is 19.9 Å². The molecule has 0 saturated heterocycles. The Hall–Kier alpha value is -2.46. The fraction of sp³-hybridized carbons (Fsp3) is 0. The minimum atomic E-state index is 0.382. The number of halogens is 1. The summed E-state index contributed by atoms with van der Waals surface area (Å²) in [6.45, 7) is 0. The number of hydrogen-bond donors (Lipinski definition) is 1. The van der Waals surface area contributed by atoms with Crippen molar-refractivity contribution < 1.29 is 0 Å². The molecule has 1 N–H and O–H groups in total. The molecule has 3 heterocycles. The van der Waals surface area contributed by atoms with Gasteiger partial charge in [-0.3, -0.25) is 4.98 Å². The van der Waals surface area contributed by atoms with Gasteiger partial charge in [-0.1, -0.05) is 29.8 Å². The molecular formula is C15H9ClN4. The highest BCUT2D eigenvalue weighted by Crippen LogP contribution is 2.32. The monoisotopic (exact) mass is 280 g/mol. The van der Waals surface area contributed by atoms with Gasteiger partial charge in [0, 0.05) is 28.0 Å². The van der Waals surface area contributed by atoms with Gasteiger partial charge >= 0.3 is 0 Å². The molecule has 4 aromatic rings. The second kappa shape index (κ2) is 4.28. The second-order valence-corrected chi connectivity index (χ2v) is 4.87. The summed E-state index contributed by atoms with van der Waals surface area (Å²) < 4.78 is 0. The Labute approximate surface area is 119 Å². The predicted molar refractivity (Wildman–Crippen MR) is 79.6 cm³/mol. The second-order valence-electron chi connectivity index (χ2n) is 4.48.